The topological polar surface area (TPSA) is 74.0 Å². The Morgan fingerprint density at radius 1 is 1.21 bits per heavy atom. The number of carbonyl (C=O) groups is 1. The molecule has 2 N–H and O–H groups in total. The molecule has 0 unspecified atom stereocenters. The fourth-order valence-corrected chi connectivity index (χ4v) is 3.19. The molecule has 28 heavy (non-hydrogen) atoms. The molecular weight excluding hydrogens is 356 g/mol. The van der Waals surface area contributed by atoms with E-state index in [2.05, 4.69) is 0 Å². The van der Waals surface area contributed by atoms with Crippen LogP contribution in [0.3, 0.4) is 0 Å². The normalized spacial score (nSPS) is 13.2. The summed E-state index contributed by atoms with van der Waals surface area (Å²) in [6.07, 6.45) is 2.45. The number of nitrogens with two attached hydrogens (primary N) is 1. The molecule has 1 aliphatic rings. The van der Waals surface area contributed by atoms with Gasteiger partial charge in [-0.2, -0.15) is 0 Å². The molecule has 2 aromatic rings. The first-order valence-electron chi connectivity index (χ1n) is 9.24. The van der Waals surface area contributed by atoms with Gasteiger partial charge in [-0.1, -0.05) is 6.92 Å². The molecule has 0 atom stereocenters. The fraction of sp³-hybridized carbons (Fsp3) is 0.318. The summed E-state index contributed by atoms with van der Waals surface area (Å²) >= 11 is 0. The van der Waals surface area contributed by atoms with E-state index in [-0.39, 0.29) is 5.78 Å². The van der Waals surface area contributed by atoms with E-state index in [0.29, 0.717) is 53.7 Å². The van der Waals surface area contributed by atoms with Crippen LogP contribution in [0, 0.1) is 0 Å². The number of fused-ring (bicyclic) bond motifs is 1. The minimum Gasteiger partial charge on any atom is -0.493 e. The third-order valence-electron chi connectivity index (χ3n) is 4.64. The Balaban J connectivity index is 1.96. The number of benzene rings is 2. The Morgan fingerprint density at radius 3 is 2.61 bits per heavy atom. The number of rotatable bonds is 6. The predicted octanol–water partition coefficient (Wildman–Crippen LogP) is 3.79. The van der Waals surface area contributed by atoms with E-state index in [0.717, 1.165) is 11.3 Å². The molecule has 6 heteroatoms. The minimum atomic E-state index is -0.0478. The molecule has 0 bridgehead atoms. The second-order valence-electron chi connectivity index (χ2n) is 6.77. The van der Waals surface area contributed by atoms with Gasteiger partial charge in [-0.3, -0.25) is 4.79 Å². The highest BCUT2D eigenvalue weighted by atomic mass is 16.6. The van der Waals surface area contributed by atoms with Gasteiger partial charge in [0.25, 0.3) is 0 Å². The van der Waals surface area contributed by atoms with Crippen LogP contribution in [0.1, 0.15) is 29.3 Å². The van der Waals surface area contributed by atoms with Crippen molar-refractivity contribution in [1.82, 2.24) is 0 Å². The van der Waals surface area contributed by atoms with E-state index in [4.69, 9.17) is 19.9 Å². The molecule has 0 aliphatic carbocycles. The summed E-state index contributed by atoms with van der Waals surface area (Å²) in [4.78, 5) is 15.0. The largest absolute Gasteiger partial charge is 0.493 e. The fourth-order valence-electron chi connectivity index (χ4n) is 3.19. The molecule has 148 valence electrons. The maximum absolute atomic E-state index is 13.0. The number of nitrogens with zero attached hydrogens (tertiary/aromatic N) is 1. The van der Waals surface area contributed by atoms with Gasteiger partial charge in [0, 0.05) is 25.2 Å². The molecule has 2 aromatic carbocycles. The van der Waals surface area contributed by atoms with Gasteiger partial charge in [-0.25, -0.2) is 0 Å². The number of carbonyl (C=O) groups excluding carboxylic acids is 1. The first-order valence-corrected chi connectivity index (χ1v) is 9.24. The van der Waals surface area contributed by atoms with Crippen LogP contribution < -0.4 is 24.8 Å². The molecule has 0 aromatic heterocycles. The maximum atomic E-state index is 13.0. The van der Waals surface area contributed by atoms with E-state index < -0.39 is 0 Å². The van der Waals surface area contributed by atoms with Gasteiger partial charge in [0.15, 0.2) is 17.3 Å². The van der Waals surface area contributed by atoms with Gasteiger partial charge in [-0.05, 0) is 48.4 Å². The second kappa shape index (κ2) is 8.25. The zero-order valence-electron chi connectivity index (χ0n) is 16.7. The molecule has 6 nitrogen and oxygen atoms in total. The Hall–Kier alpha value is -3.15. The van der Waals surface area contributed by atoms with Crippen molar-refractivity contribution in [3.63, 3.8) is 0 Å². The SMILES string of the molecule is CC/C(=C\c1cc(OC)c2c(c1)OCCO2)C(=O)c1ccc(N(C)C)c(N)c1. The van der Waals surface area contributed by atoms with Crippen molar-refractivity contribution in [2.45, 2.75) is 13.3 Å². The standard InChI is InChI=1S/C22H26N2O4/c1-5-15(21(25)16-6-7-18(24(2)3)17(23)13-16)10-14-11-19(26-4)22-20(12-14)27-8-9-28-22/h6-7,10-13H,5,8-9,23H2,1-4H3/b15-10+. The van der Waals surface area contributed by atoms with Crippen LogP contribution >= 0.6 is 0 Å². The number of nitrogen functional groups attached to an aromatic ring is 1. The van der Waals surface area contributed by atoms with Crippen molar-refractivity contribution in [2.24, 2.45) is 0 Å². The van der Waals surface area contributed by atoms with E-state index in [1.54, 1.807) is 13.2 Å². The Kier molecular flexibility index (Phi) is 5.78. The van der Waals surface area contributed by atoms with Crippen LogP contribution in [-0.2, 0) is 0 Å². The monoisotopic (exact) mass is 382 g/mol. The van der Waals surface area contributed by atoms with Crippen LogP contribution in [0.15, 0.2) is 35.9 Å². The maximum Gasteiger partial charge on any atom is 0.203 e. The predicted molar refractivity (Wildman–Crippen MR) is 112 cm³/mol. The highest BCUT2D eigenvalue weighted by molar-refractivity contribution is 6.12. The Labute approximate surface area is 165 Å². The average molecular weight is 382 g/mol. The highest BCUT2D eigenvalue weighted by Gasteiger charge is 2.19. The van der Waals surface area contributed by atoms with Crippen molar-refractivity contribution in [1.29, 1.82) is 0 Å². The van der Waals surface area contributed by atoms with E-state index in [1.165, 1.54) is 0 Å². The first-order chi connectivity index (χ1) is 13.4. The molecule has 0 amide bonds. The molecule has 0 fully saturated rings. The number of allylic oxidation sites excluding steroid dienone is 1. The highest BCUT2D eigenvalue weighted by Crippen LogP contribution is 2.41. The van der Waals surface area contributed by atoms with Crippen LogP contribution in [0.5, 0.6) is 17.2 Å². The lowest BCUT2D eigenvalue weighted by Crippen LogP contribution is -2.16. The van der Waals surface area contributed by atoms with Gasteiger partial charge in [0.2, 0.25) is 5.75 Å². The minimum absolute atomic E-state index is 0.0478. The van der Waals surface area contributed by atoms with Crippen molar-refractivity contribution in [3.8, 4) is 17.2 Å². The summed E-state index contributed by atoms with van der Waals surface area (Å²) < 4.78 is 16.7. The lowest BCUT2D eigenvalue weighted by molar-refractivity contribution is 0.103. The summed E-state index contributed by atoms with van der Waals surface area (Å²) in [5.41, 5.74) is 9.64. The van der Waals surface area contributed by atoms with E-state index >= 15 is 0 Å². The van der Waals surface area contributed by atoms with Gasteiger partial charge in [0.05, 0.1) is 18.5 Å². The Bertz CT molecular complexity index is 902. The molecule has 1 heterocycles. The smallest absolute Gasteiger partial charge is 0.203 e. The molecule has 1 aliphatic heterocycles. The molecule has 3 rings (SSSR count). The number of methoxy groups -OCH3 is 1. The summed E-state index contributed by atoms with van der Waals surface area (Å²) in [6.45, 7) is 2.93. The average Bonchev–Trinajstić information content (AvgIpc) is 2.70. The number of hydrogen-bond acceptors (Lipinski definition) is 6. The number of ether oxygens (including phenoxy) is 3. The van der Waals surface area contributed by atoms with Crippen molar-refractivity contribution >= 4 is 23.2 Å². The van der Waals surface area contributed by atoms with Crippen LogP contribution in [-0.4, -0.2) is 40.2 Å². The zero-order chi connectivity index (χ0) is 20.3. The van der Waals surface area contributed by atoms with Crippen molar-refractivity contribution in [3.05, 3.63) is 47.0 Å². The van der Waals surface area contributed by atoms with Gasteiger partial charge in [-0.15, -0.1) is 0 Å². The number of anilines is 2. The van der Waals surface area contributed by atoms with Gasteiger partial charge >= 0.3 is 0 Å². The van der Waals surface area contributed by atoms with Crippen molar-refractivity contribution < 1.29 is 19.0 Å². The number of hydrogen-bond donors (Lipinski definition) is 1. The number of Topliss-reactive ketones (excluding diaryl/α,β-unsaturated/α-hetero) is 1. The van der Waals surface area contributed by atoms with Crippen LogP contribution in [0.25, 0.3) is 6.08 Å². The van der Waals surface area contributed by atoms with Gasteiger partial charge in [0.1, 0.15) is 13.2 Å². The van der Waals surface area contributed by atoms with Crippen LogP contribution in [0.4, 0.5) is 11.4 Å². The summed E-state index contributed by atoms with van der Waals surface area (Å²) in [7, 11) is 5.42. The summed E-state index contributed by atoms with van der Waals surface area (Å²) in [5, 5.41) is 0. The molecule has 0 spiro atoms. The van der Waals surface area contributed by atoms with Crippen molar-refractivity contribution in [2.75, 3.05) is 45.1 Å². The third-order valence-corrected chi connectivity index (χ3v) is 4.64. The number of ketones is 1. The molecule has 0 saturated heterocycles. The molecule has 0 saturated carbocycles. The summed E-state index contributed by atoms with van der Waals surface area (Å²) in [5.74, 6) is 1.76. The Morgan fingerprint density at radius 2 is 1.96 bits per heavy atom. The lowest BCUT2D eigenvalue weighted by atomic mass is 9.98. The zero-order valence-corrected chi connectivity index (χ0v) is 16.7. The molecule has 0 radical (unpaired) electrons. The second-order valence-corrected chi connectivity index (χ2v) is 6.77. The van der Waals surface area contributed by atoms with Gasteiger partial charge < -0.3 is 24.8 Å². The van der Waals surface area contributed by atoms with Crippen LogP contribution in [0.2, 0.25) is 0 Å². The quantitative estimate of drug-likeness (QED) is 0.465. The first kappa shape index (κ1) is 19.6. The summed E-state index contributed by atoms with van der Waals surface area (Å²) in [6, 6.07) is 9.11. The lowest BCUT2D eigenvalue weighted by Gasteiger charge is -2.21. The van der Waals surface area contributed by atoms with E-state index in [9.17, 15) is 4.79 Å². The van der Waals surface area contributed by atoms with E-state index in [1.807, 2.05) is 56.3 Å². The third kappa shape index (κ3) is 3.91. The molecular formula is C22H26N2O4.